The van der Waals surface area contributed by atoms with Crippen molar-refractivity contribution in [3.8, 4) is 5.75 Å². The zero-order valence-electron chi connectivity index (χ0n) is 11.7. The van der Waals surface area contributed by atoms with Gasteiger partial charge < -0.3 is 10.5 Å². The second-order valence-corrected chi connectivity index (χ2v) is 4.98. The van der Waals surface area contributed by atoms with Crippen LogP contribution in [0.3, 0.4) is 0 Å². The molecule has 19 heavy (non-hydrogen) atoms. The first-order chi connectivity index (χ1) is 9.11. The first kappa shape index (κ1) is 13.6. The Hall–Kier alpha value is -1.81. The van der Waals surface area contributed by atoms with Crippen molar-refractivity contribution in [2.45, 2.75) is 25.9 Å². The lowest BCUT2D eigenvalue weighted by Crippen LogP contribution is -2.18. The van der Waals surface area contributed by atoms with Crippen molar-refractivity contribution in [3.63, 3.8) is 0 Å². The minimum absolute atomic E-state index is 0.159. The Labute approximate surface area is 114 Å². The van der Waals surface area contributed by atoms with Crippen LogP contribution >= 0.6 is 0 Å². The van der Waals surface area contributed by atoms with Crippen LogP contribution in [0.1, 0.15) is 37.0 Å². The lowest BCUT2D eigenvalue weighted by Gasteiger charge is -2.20. The largest absolute Gasteiger partial charge is 0.484 e. The molecule has 4 heteroatoms. The molecular weight excluding hydrogens is 238 g/mol. The highest BCUT2D eigenvalue weighted by Gasteiger charge is 2.16. The standard InChI is InChI=1S/C15H21N3O/c1-11(2)13-6-4-5-7-14(13)19-15(8-16)12-9-17-18(3)10-12/h4-7,9-11,15H,8,16H2,1-3H3. The van der Waals surface area contributed by atoms with E-state index in [2.05, 4.69) is 25.0 Å². The van der Waals surface area contributed by atoms with Crippen LogP contribution < -0.4 is 10.5 Å². The topological polar surface area (TPSA) is 53.1 Å². The Morgan fingerprint density at radius 3 is 2.63 bits per heavy atom. The predicted octanol–water partition coefficient (Wildman–Crippen LogP) is 2.62. The normalized spacial score (nSPS) is 12.7. The molecule has 0 saturated carbocycles. The summed E-state index contributed by atoms with van der Waals surface area (Å²) in [6.07, 6.45) is 3.58. The second kappa shape index (κ2) is 5.89. The van der Waals surface area contributed by atoms with Crippen LogP contribution in [0.25, 0.3) is 0 Å². The van der Waals surface area contributed by atoms with Gasteiger partial charge in [-0.2, -0.15) is 5.10 Å². The number of ether oxygens (including phenoxy) is 1. The van der Waals surface area contributed by atoms with Crippen molar-refractivity contribution in [1.82, 2.24) is 9.78 Å². The highest BCUT2D eigenvalue weighted by atomic mass is 16.5. The maximum absolute atomic E-state index is 6.08. The molecule has 2 aromatic rings. The Kier molecular flexibility index (Phi) is 4.22. The molecule has 0 fully saturated rings. The number of nitrogens with two attached hydrogens (primary N) is 1. The van der Waals surface area contributed by atoms with Gasteiger partial charge in [-0.3, -0.25) is 4.68 Å². The van der Waals surface area contributed by atoms with Crippen LogP contribution in [0.15, 0.2) is 36.7 Å². The predicted molar refractivity (Wildman–Crippen MR) is 76.2 cm³/mol. The first-order valence-electron chi connectivity index (χ1n) is 6.56. The van der Waals surface area contributed by atoms with Gasteiger partial charge in [0, 0.05) is 25.4 Å². The van der Waals surface area contributed by atoms with Gasteiger partial charge in [0.05, 0.1) is 6.20 Å². The van der Waals surface area contributed by atoms with Gasteiger partial charge in [0.15, 0.2) is 0 Å². The molecule has 1 heterocycles. The molecule has 0 aliphatic heterocycles. The Morgan fingerprint density at radius 2 is 2.05 bits per heavy atom. The average molecular weight is 259 g/mol. The van der Waals surface area contributed by atoms with Crippen LogP contribution in [0, 0.1) is 0 Å². The molecule has 1 unspecified atom stereocenters. The van der Waals surface area contributed by atoms with Crippen molar-refractivity contribution < 1.29 is 4.74 Å². The van der Waals surface area contributed by atoms with E-state index >= 15 is 0 Å². The third-order valence-corrected chi connectivity index (χ3v) is 3.12. The van der Waals surface area contributed by atoms with Crippen LogP contribution in [-0.4, -0.2) is 16.3 Å². The van der Waals surface area contributed by atoms with Gasteiger partial charge in [-0.25, -0.2) is 0 Å². The summed E-state index contributed by atoms with van der Waals surface area (Å²) in [6.45, 7) is 4.74. The van der Waals surface area contributed by atoms with Crippen LogP contribution in [-0.2, 0) is 7.05 Å². The summed E-state index contributed by atoms with van der Waals surface area (Å²) in [5.41, 5.74) is 8.03. The van der Waals surface area contributed by atoms with Crippen molar-refractivity contribution in [3.05, 3.63) is 47.8 Å². The summed E-state index contributed by atoms with van der Waals surface area (Å²) in [6, 6.07) is 8.10. The van der Waals surface area contributed by atoms with E-state index in [1.807, 2.05) is 31.4 Å². The summed E-state index contributed by atoms with van der Waals surface area (Å²) in [7, 11) is 1.89. The Bertz CT molecular complexity index is 534. The number of aromatic nitrogens is 2. The fourth-order valence-electron chi connectivity index (χ4n) is 2.08. The lowest BCUT2D eigenvalue weighted by molar-refractivity contribution is 0.211. The second-order valence-electron chi connectivity index (χ2n) is 4.98. The fraction of sp³-hybridized carbons (Fsp3) is 0.400. The Balaban J connectivity index is 2.23. The van der Waals surface area contributed by atoms with Crippen molar-refractivity contribution in [1.29, 1.82) is 0 Å². The number of hydrogen-bond donors (Lipinski definition) is 1. The maximum atomic E-state index is 6.08. The minimum atomic E-state index is -0.159. The number of hydrogen-bond acceptors (Lipinski definition) is 3. The molecule has 1 aromatic carbocycles. The highest BCUT2D eigenvalue weighted by Crippen LogP contribution is 2.29. The summed E-state index contributed by atoms with van der Waals surface area (Å²) in [5, 5.41) is 4.17. The molecule has 0 amide bonds. The maximum Gasteiger partial charge on any atom is 0.139 e. The van der Waals surface area contributed by atoms with E-state index in [0.29, 0.717) is 12.5 Å². The van der Waals surface area contributed by atoms with Gasteiger partial charge in [0.2, 0.25) is 0 Å². The summed E-state index contributed by atoms with van der Waals surface area (Å²) >= 11 is 0. The summed E-state index contributed by atoms with van der Waals surface area (Å²) < 4.78 is 7.84. The van der Waals surface area contributed by atoms with Gasteiger partial charge in [0.1, 0.15) is 11.9 Å². The third kappa shape index (κ3) is 3.15. The molecule has 0 radical (unpaired) electrons. The fourth-order valence-corrected chi connectivity index (χ4v) is 2.08. The molecule has 1 aromatic heterocycles. The van der Waals surface area contributed by atoms with Gasteiger partial charge in [-0.15, -0.1) is 0 Å². The highest BCUT2D eigenvalue weighted by molar-refractivity contribution is 5.36. The van der Waals surface area contributed by atoms with Crippen LogP contribution in [0.2, 0.25) is 0 Å². The molecule has 2 N–H and O–H groups in total. The lowest BCUT2D eigenvalue weighted by atomic mass is 10.0. The van der Waals surface area contributed by atoms with E-state index in [9.17, 15) is 0 Å². The molecule has 2 rings (SSSR count). The monoisotopic (exact) mass is 259 g/mol. The number of benzene rings is 1. The number of nitrogens with zero attached hydrogens (tertiary/aromatic N) is 2. The van der Waals surface area contributed by atoms with Gasteiger partial charge >= 0.3 is 0 Å². The molecule has 0 bridgehead atoms. The molecule has 0 aliphatic carbocycles. The molecule has 0 aliphatic rings. The number of para-hydroxylation sites is 1. The van der Waals surface area contributed by atoms with Gasteiger partial charge in [-0.05, 0) is 17.5 Å². The minimum Gasteiger partial charge on any atom is -0.484 e. The van der Waals surface area contributed by atoms with Crippen molar-refractivity contribution >= 4 is 0 Å². The molecule has 0 saturated heterocycles. The smallest absolute Gasteiger partial charge is 0.139 e. The van der Waals surface area contributed by atoms with E-state index in [0.717, 1.165) is 11.3 Å². The van der Waals surface area contributed by atoms with Crippen molar-refractivity contribution in [2.75, 3.05) is 6.54 Å². The van der Waals surface area contributed by atoms with Gasteiger partial charge in [-0.1, -0.05) is 32.0 Å². The molecular formula is C15H21N3O. The average Bonchev–Trinajstić information content (AvgIpc) is 2.82. The van der Waals surface area contributed by atoms with Crippen LogP contribution in [0.5, 0.6) is 5.75 Å². The first-order valence-corrected chi connectivity index (χ1v) is 6.56. The van der Waals surface area contributed by atoms with Crippen LogP contribution in [0.4, 0.5) is 0 Å². The van der Waals surface area contributed by atoms with E-state index in [1.165, 1.54) is 5.56 Å². The Morgan fingerprint density at radius 1 is 1.32 bits per heavy atom. The van der Waals surface area contributed by atoms with E-state index in [-0.39, 0.29) is 6.10 Å². The third-order valence-electron chi connectivity index (χ3n) is 3.12. The van der Waals surface area contributed by atoms with E-state index in [4.69, 9.17) is 10.5 Å². The van der Waals surface area contributed by atoms with Crippen molar-refractivity contribution in [2.24, 2.45) is 12.8 Å². The summed E-state index contributed by atoms with van der Waals surface area (Å²) in [5.74, 6) is 1.32. The SMILES string of the molecule is CC(C)c1ccccc1OC(CN)c1cnn(C)c1. The van der Waals surface area contributed by atoms with E-state index in [1.54, 1.807) is 10.9 Å². The molecule has 102 valence electrons. The molecule has 4 nitrogen and oxygen atoms in total. The van der Waals surface area contributed by atoms with E-state index < -0.39 is 0 Å². The zero-order chi connectivity index (χ0) is 13.8. The number of aryl methyl sites for hydroxylation is 1. The summed E-state index contributed by atoms with van der Waals surface area (Å²) in [4.78, 5) is 0. The molecule has 0 spiro atoms. The molecule has 1 atom stereocenters. The van der Waals surface area contributed by atoms with Gasteiger partial charge in [0.25, 0.3) is 0 Å². The number of rotatable bonds is 5. The quantitative estimate of drug-likeness (QED) is 0.898. The zero-order valence-corrected chi connectivity index (χ0v) is 11.7.